The molecule has 0 saturated carbocycles. The Morgan fingerprint density at radius 3 is 2.62 bits per heavy atom. The standard InChI is InChI=1S/C22H26N2O2/c1-4-6-15-24-21(25)19-9-7-8-10-20(19)23-22(24,3)17-11-13-18(14-12-17)26-16-5-2/h5,7-14,23H,2,4,6,15-16H2,1,3H3. The molecule has 0 bridgehead atoms. The van der Waals surface area contributed by atoms with Gasteiger partial charge in [-0.15, -0.1) is 0 Å². The van der Waals surface area contributed by atoms with Crippen molar-refractivity contribution in [2.24, 2.45) is 0 Å². The van der Waals surface area contributed by atoms with E-state index in [1.807, 2.05) is 53.4 Å². The number of ether oxygens (including phenoxy) is 1. The normalized spacial score (nSPS) is 18.8. The summed E-state index contributed by atoms with van der Waals surface area (Å²) >= 11 is 0. The summed E-state index contributed by atoms with van der Waals surface area (Å²) in [5, 5.41) is 3.59. The molecule has 1 atom stereocenters. The minimum Gasteiger partial charge on any atom is -0.490 e. The van der Waals surface area contributed by atoms with E-state index in [0.717, 1.165) is 35.4 Å². The van der Waals surface area contributed by atoms with Crippen LogP contribution < -0.4 is 10.1 Å². The number of nitrogens with zero attached hydrogens (tertiary/aromatic N) is 1. The first-order chi connectivity index (χ1) is 12.6. The van der Waals surface area contributed by atoms with Gasteiger partial charge in [0.05, 0.1) is 5.56 Å². The fourth-order valence-corrected chi connectivity index (χ4v) is 3.36. The number of benzene rings is 2. The van der Waals surface area contributed by atoms with Crippen LogP contribution in [-0.4, -0.2) is 24.0 Å². The van der Waals surface area contributed by atoms with Gasteiger partial charge in [-0.05, 0) is 43.2 Å². The highest BCUT2D eigenvalue weighted by atomic mass is 16.5. The highest BCUT2D eigenvalue weighted by Gasteiger charge is 2.41. The summed E-state index contributed by atoms with van der Waals surface area (Å²) in [6.07, 6.45) is 3.72. The van der Waals surface area contributed by atoms with Crippen molar-refractivity contribution in [1.82, 2.24) is 4.90 Å². The molecule has 26 heavy (non-hydrogen) atoms. The third kappa shape index (κ3) is 3.32. The average Bonchev–Trinajstić information content (AvgIpc) is 2.66. The third-order valence-electron chi connectivity index (χ3n) is 4.84. The molecule has 3 rings (SSSR count). The number of anilines is 1. The van der Waals surface area contributed by atoms with E-state index in [1.165, 1.54) is 0 Å². The molecular formula is C22H26N2O2. The minimum atomic E-state index is -0.600. The van der Waals surface area contributed by atoms with Gasteiger partial charge in [-0.2, -0.15) is 0 Å². The number of hydrogen-bond acceptors (Lipinski definition) is 3. The Labute approximate surface area is 155 Å². The maximum atomic E-state index is 13.2. The first-order valence-electron chi connectivity index (χ1n) is 9.13. The molecule has 0 saturated heterocycles. The van der Waals surface area contributed by atoms with Gasteiger partial charge in [0.15, 0.2) is 0 Å². The smallest absolute Gasteiger partial charge is 0.258 e. The van der Waals surface area contributed by atoms with Gasteiger partial charge in [0.25, 0.3) is 5.91 Å². The van der Waals surface area contributed by atoms with Crippen LogP contribution in [-0.2, 0) is 5.66 Å². The van der Waals surface area contributed by atoms with Crippen LogP contribution >= 0.6 is 0 Å². The van der Waals surface area contributed by atoms with Gasteiger partial charge in [0.2, 0.25) is 0 Å². The first kappa shape index (κ1) is 18.1. The molecule has 1 heterocycles. The van der Waals surface area contributed by atoms with Gasteiger partial charge in [0.1, 0.15) is 18.0 Å². The van der Waals surface area contributed by atoms with Crippen molar-refractivity contribution in [2.45, 2.75) is 32.4 Å². The third-order valence-corrected chi connectivity index (χ3v) is 4.84. The molecule has 2 aromatic carbocycles. The Hall–Kier alpha value is -2.75. The Balaban J connectivity index is 1.98. The maximum absolute atomic E-state index is 13.2. The predicted octanol–water partition coefficient (Wildman–Crippen LogP) is 4.79. The van der Waals surface area contributed by atoms with Crippen molar-refractivity contribution in [2.75, 3.05) is 18.5 Å². The zero-order valence-corrected chi connectivity index (χ0v) is 15.5. The van der Waals surface area contributed by atoms with Crippen LogP contribution in [0, 0.1) is 0 Å². The van der Waals surface area contributed by atoms with Gasteiger partial charge in [-0.3, -0.25) is 4.79 Å². The van der Waals surface area contributed by atoms with Crippen LogP contribution in [0.25, 0.3) is 0 Å². The Morgan fingerprint density at radius 1 is 1.19 bits per heavy atom. The van der Waals surface area contributed by atoms with E-state index in [1.54, 1.807) is 6.08 Å². The van der Waals surface area contributed by atoms with Gasteiger partial charge in [-0.1, -0.05) is 50.3 Å². The maximum Gasteiger partial charge on any atom is 0.258 e. The zero-order chi connectivity index (χ0) is 18.6. The molecule has 1 N–H and O–H groups in total. The molecule has 2 aromatic rings. The van der Waals surface area contributed by atoms with E-state index in [-0.39, 0.29) is 5.91 Å². The molecule has 0 fully saturated rings. The monoisotopic (exact) mass is 350 g/mol. The molecule has 1 aliphatic heterocycles. The Morgan fingerprint density at radius 2 is 1.92 bits per heavy atom. The van der Waals surface area contributed by atoms with Crippen LogP contribution in [0.5, 0.6) is 5.75 Å². The molecule has 4 heteroatoms. The second-order valence-corrected chi connectivity index (χ2v) is 6.68. The molecule has 136 valence electrons. The topological polar surface area (TPSA) is 41.6 Å². The van der Waals surface area contributed by atoms with E-state index in [2.05, 4.69) is 25.7 Å². The SMILES string of the molecule is C=CCOc1ccc(C2(C)Nc3ccccc3C(=O)N2CCCC)cc1. The molecule has 1 amide bonds. The molecule has 0 radical (unpaired) electrons. The van der Waals surface area contributed by atoms with Gasteiger partial charge < -0.3 is 15.0 Å². The van der Waals surface area contributed by atoms with Crippen molar-refractivity contribution < 1.29 is 9.53 Å². The lowest BCUT2D eigenvalue weighted by molar-refractivity contribution is 0.0531. The Bertz CT molecular complexity index is 785. The van der Waals surface area contributed by atoms with Gasteiger partial charge >= 0.3 is 0 Å². The summed E-state index contributed by atoms with van der Waals surface area (Å²) in [6.45, 7) is 9.06. The van der Waals surface area contributed by atoms with E-state index in [0.29, 0.717) is 13.2 Å². The van der Waals surface area contributed by atoms with Crippen LogP contribution in [0.3, 0.4) is 0 Å². The van der Waals surface area contributed by atoms with Gasteiger partial charge in [-0.25, -0.2) is 0 Å². The fourth-order valence-electron chi connectivity index (χ4n) is 3.36. The molecule has 0 aliphatic carbocycles. The first-order valence-corrected chi connectivity index (χ1v) is 9.13. The lowest BCUT2D eigenvalue weighted by Gasteiger charge is -2.47. The second kappa shape index (κ2) is 7.65. The fraction of sp³-hybridized carbons (Fsp3) is 0.318. The summed E-state index contributed by atoms with van der Waals surface area (Å²) in [4.78, 5) is 15.1. The number of rotatable bonds is 7. The number of para-hydroxylation sites is 1. The predicted molar refractivity (Wildman–Crippen MR) is 105 cm³/mol. The van der Waals surface area contributed by atoms with E-state index in [4.69, 9.17) is 4.74 Å². The second-order valence-electron chi connectivity index (χ2n) is 6.68. The molecule has 0 spiro atoms. The Kier molecular flexibility index (Phi) is 5.31. The number of amides is 1. The van der Waals surface area contributed by atoms with E-state index in [9.17, 15) is 4.79 Å². The van der Waals surface area contributed by atoms with Crippen molar-refractivity contribution in [3.8, 4) is 5.75 Å². The lowest BCUT2D eigenvalue weighted by Crippen LogP contribution is -2.56. The van der Waals surface area contributed by atoms with Crippen molar-refractivity contribution >= 4 is 11.6 Å². The minimum absolute atomic E-state index is 0.0716. The summed E-state index contributed by atoms with van der Waals surface area (Å²) in [7, 11) is 0. The summed E-state index contributed by atoms with van der Waals surface area (Å²) in [6, 6.07) is 15.6. The van der Waals surface area contributed by atoms with Crippen molar-refractivity contribution in [1.29, 1.82) is 0 Å². The molecule has 1 unspecified atom stereocenters. The zero-order valence-electron chi connectivity index (χ0n) is 15.5. The van der Waals surface area contributed by atoms with Crippen LogP contribution in [0.15, 0.2) is 61.2 Å². The number of carbonyl (C=O) groups excluding carboxylic acids is 1. The highest BCUT2D eigenvalue weighted by molar-refractivity contribution is 6.02. The molecule has 0 aromatic heterocycles. The van der Waals surface area contributed by atoms with Crippen LogP contribution in [0.2, 0.25) is 0 Å². The number of carbonyl (C=O) groups is 1. The van der Waals surface area contributed by atoms with Gasteiger partial charge in [0, 0.05) is 12.2 Å². The summed E-state index contributed by atoms with van der Waals surface area (Å²) < 4.78 is 5.58. The van der Waals surface area contributed by atoms with Crippen molar-refractivity contribution in [3.63, 3.8) is 0 Å². The highest BCUT2D eigenvalue weighted by Crippen LogP contribution is 2.38. The summed E-state index contributed by atoms with van der Waals surface area (Å²) in [5.41, 5.74) is 2.03. The largest absolute Gasteiger partial charge is 0.490 e. The number of nitrogens with one attached hydrogen (secondary N) is 1. The van der Waals surface area contributed by atoms with Crippen molar-refractivity contribution in [3.05, 3.63) is 72.3 Å². The van der Waals surface area contributed by atoms with Crippen LogP contribution in [0.1, 0.15) is 42.6 Å². The van der Waals surface area contributed by atoms with E-state index < -0.39 is 5.66 Å². The summed E-state index contributed by atoms with van der Waals surface area (Å²) in [5.74, 6) is 0.863. The quantitative estimate of drug-likeness (QED) is 0.730. The lowest BCUT2D eigenvalue weighted by atomic mass is 9.93. The van der Waals surface area contributed by atoms with E-state index >= 15 is 0 Å². The molecule has 4 nitrogen and oxygen atoms in total. The molecular weight excluding hydrogens is 324 g/mol. The molecule has 1 aliphatic rings. The number of unbranched alkanes of at least 4 members (excludes halogenated alkanes) is 1. The van der Waals surface area contributed by atoms with Crippen LogP contribution in [0.4, 0.5) is 5.69 Å². The average molecular weight is 350 g/mol. The number of fused-ring (bicyclic) bond motifs is 1. The number of hydrogen-bond donors (Lipinski definition) is 1.